The number of carbonyl (C=O) groups is 1. The molecular weight excluding hydrogens is 464 g/mol. The van der Waals surface area contributed by atoms with E-state index in [1.54, 1.807) is 0 Å². The minimum absolute atomic E-state index is 0.102. The van der Waals surface area contributed by atoms with Gasteiger partial charge < -0.3 is 5.11 Å². The standard InChI is InChI=1S/C36H70O2/c1-3-5-7-9-11-13-15-16-17-18-19-20-21-22-23-24-26-28-30-32-34-35(36(37)38)33-31-29-27-25-14-12-10-8-6-4-2/h16-17,35H,3-15,18-34H2,1-2H3,(H,37,38)/b17-16-. The molecule has 0 heterocycles. The zero-order valence-corrected chi connectivity index (χ0v) is 26.3. The molecule has 0 aliphatic heterocycles. The van der Waals surface area contributed by atoms with Gasteiger partial charge in [-0.1, -0.05) is 180 Å². The van der Waals surface area contributed by atoms with Gasteiger partial charge in [-0.15, -0.1) is 0 Å². The van der Waals surface area contributed by atoms with Crippen molar-refractivity contribution in [3.63, 3.8) is 0 Å². The largest absolute Gasteiger partial charge is 0.481 e. The van der Waals surface area contributed by atoms with Crippen LogP contribution in [0.15, 0.2) is 12.2 Å². The van der Waals surface area contributed by atoms with E-state index in [0.29, 0.717) is 0 Å². The molecule has 2 nitrogen and oxygen atoms in total. The lowest BCUT2D eigenvalue weighted by molar-refractivity contribution is -0.142. The number of aliphatic carboxylic acids is 1. The first-order valence-electron chi connectivity index (χ1n) is 17.6. The molecule has 1 unspecified atom stereocenters. The molecule has 0 aromatic carbocycles. The van der Waals surface area contributed by atoms with Crippen LogP contribution in [-0.4, -0.2) is 11.1 Å². The maximum Gasteiger partial charge on any atom is 0.306 e. The highest BCUT2D eigenvalue weighted by molar-refractivity contribution is 5.69. The Hall–Kier alpha value is -0.790. The summed E-state index contributed by atoms with van der Waals surface area (Å²) in [5, 5.41) is 9.57. The van der Waals surface area contributed by atoms with E-state index in [9.17, 15) is 9.90 Å². The zero-order valence-electron chi connectivity index (χ0n) is 26.3. The maximum atomic E-state index is 11.6. The molecular formula is C36H70O2. The van der Waals surface area contributed by atoms with Crippen LogP contribution >= 0.6 is 0 Å². The Morgan fingerprint density at radius 3 is 1.00 bits per heavy atom. The zero-order chi connectivity index (χ0) is 27.8. The van der Waals surface area contributed by atoms with Crippen molar-refractivity contribution in [1.82, 2.24) is 0 Å². The molecule has 0 amide bonds. The average molecular weight is 535 g/mol. The Bertz CT molecular complexity index is 484. The summed E-state index contributed by atoms with van der Waals surface area (Å²) >= 11 is 0. The second-order valence-electron chi connectivity index (χ2n) is 12.1. The second kappa shape index (κ2) is 32.4. The molecule has 2 heteroatoms. The van der Waals surface area contributed by atoms with Crippen LogP contribution in [0.25, 0.3) is 0 Å². The van der Waals surface area contributed by atoms with Gasteiger partial charge in [0.25, 0.3) is 0 Å². The highest BCUT2D eigenvalue weighted by Crippen LogP contribution is 2.20. The molecule has 0 aliphatic carbocycles. The van der Waals surface area contributed by atoms with Crippen molar-refractivity contribution in [2.45, 2.75) is 206 Å². The molecule has 0 saturated carbocycles. The van der Waals surface area contributed by atoms with Crippen molar-refractivity contribution in [1.29, 1.82) is 0 Å². The number of allylic oxidation sites excluding steroid dienone is 2. The van der Waals surface area contributed by atoms with E-state index in [2.05, 4.69) is 26.0 Å². The quantitative estimate of drug-likeness (QED) is 0.0688. The molecule has 0 spiro atoms. The molecule has 0 aromatic rings. The number of carboxylic acids is 1. The van der Waals surface area contributed by atoms with E-state index in [4.69, 9.17) is 0 Å². The summed E-state index contributed by atoms with van der Waals surface area (Å²) in [7, 11) is 0. The third-order valence-corrected chi connectivity index (χ3v) is 8.32. The SMILES string of the molecule is CCCCCCCC/C=C\CCCCCCCCCCCCC(CCCCCCCCCCCC)C(=O)O. The van der Waals surface area contributed by atoms with Gasteiger partial charge in [-0.05, 0) is 38.5 Å². The summed E-state index contributed by atoms with van der Waals surface area (Å²) in [6.45, 7) is 4.55. The Morgan fingerprint density at radius 2 is 0.711 bits per heavy atom. The number of carboxylic acid groups (broad SMARTS) is 1. The van der Waals surface area contributed by atoms with Gasteiger partial charge in [-0.2, -0.15) is 0 Å². The van der Waals surface area contributed by atoms with Crippen LogP contribution in [-0.2, 0) is 4.79 Å². The number of unbranched alkanes of at least 4 members (excludes halogenated alkanes) is 25. The molecule has 38 heavy (non-hydrogen) atoms. The van der Waals surface area contributed by atoms with Gasteiger partial charge in [-0.3, -0.25) is 4.79 Å². The topological polar surface area (TPSA) is 37.3 Å². The number of hydrogen-bond acceptors (Lipinski definition) is 1. The van der Waals surface area contributed by atoms with Gasteiger partial charge >= 0.3 is 5.97 Å². The van der Waals surface area contributed by atoms with Crippen LogP contribution in [0.4, 0.5) is 0 Å². The van der Waals surface area contributed by atoms with Crippen molar-refractivity contribution in [2.24, 2.45) is 5.92 Å². The van der Waals surface area contributed by atoms with E-state index in [1.807, 2.05) is 0 Å². The summed E-state index contributed by atoms with van der Waals surface area (Å²) < 4.78 is 0. The number of rotatable bonds is 32. The summed E-state index contributed by atoms with van der Waals surface area (Å²) in [5.74, 6) is -0.663. The molecule has 226 valence electrons. The van der Waals surface area contributed by atoms with Crippen molar-refractivity contribution in [2.75, 3.05) is 0 Å². The minimum Gasteiger partial charge on any atom is -0.481 e. The molecule has 0 radical (unpaired) electrons. The van der Waals surface area contributed by atoms with E-state index in [0.717, 1.165) is 25.7 Å². The van der Waals surface area contributed by atoms with Crippen LogP contribution in [0.1, 0.15) is 206 Å². The average Bonchev–Trinajstić information content (AvgIpc) is 2.91. The summed E-state index contributed by atoms with van der Waals surface area (Å²) in [6.07, 6.45) is 43.9. The van der Waals surface area contributed by atoms with Gasteiger partial charge in [0.05, 0.1) is 5.92 Å². The monoisotopic (exact) mass is 535 g/mol. The highest BCUT2D eigenvalue weighted by atomic mass is 16.4. The van der Waals surface area contributed by atoms with Gasteiger partial charge in [-0.25, -0.2) is 0 Å². The van der Waals surface area contributed by atoms with Crippen LogP contribution < -0.4 is 0 Å². The Morgan fingerprint density at radius 1 is 0.447 bits per heavy atom. The second-order valence-corrected chi connectivity index (χ2v) is 12.1. The fourth-order valence-electron chi connectivity index (χ4n) is 5.61. The molecule has 0 bridgehead atoms. The van der Waals surface area contributed by atoms with E-state index < -0.39 is 5.97 Å². The third kappa shape index (κ3) is 29.8. The van der Waals surface area contributed by atoms with Gasteiger partial charge in [0.2, 0.25) is 0 Å². The smallest absolute Gasteiger partial charge is 0.306 e. The summed E-state index contributed by atoms with van der Waals surface area (Å²) in [5.41, 5.74) is 0. The van der Waals surface area contributed by atoms with Crippen LogP contribution in [0.2, 0.25) is 0 Å². The van der Waals surface area contributed by atoms with E-state index in [-0.39, 0.29) is 5.92 Å². The van der Waals surface area contributed by atoms with Crippen LogP contribution in [0.3, 0.4) is 0 Å². The lowest BCUT2D eigenvalue weighted by Crippen LogP contribution is -2.13. The molecule has 0 fully saturated rings. The Kier molecular flexibility index (Phi) is 31.7. The molecule has 0 aromatic heterocycles. The van der Waals surface area contributed by atoms with E-state index >= 15 is 0 Å². The lowest BCUT2D eigenvalue weighted by atomic mass is 9.94. The van der Waals surface area contributed by atoms with Crippen LogP contribution in [0.5, 0.6) is 0 Å². The van der Waals surface area contributed by atoms with Crippen molar-refractivity contribution < 1.29 is 9.90 Å². The third-order valence-electron chi connectivity index (χ3n) is 8.32. The fourth-order valence-corrected chi connectivity index (χ4v) is 5.61. The summed E-state index contributed by atoms with van der Waals surface area (Å²) in [4.78, 5) is 11.6. The lowest BCUT2D eigenvalue weighted by Gasteiger charge is -2.12. The predicted octanol–water partition coefficient (Wildman–Crippen LogP) is 13.0. The van der Waals surface area contributed by atoms with Crippen LogP contribution in [0, 0.1) is 5.92 Å². The maximum absolute atomic E-state index is 11.6. The molecule has 1 atom stereocenters. The first-order valence-corrected chi connectivity index (χ1v) is 17.6. The predicted molar refractivity (Wildman–Crippen MR) is 170 cm³/mol. The normalized spacial score (nSPS) is 12.5. The first-order chi connectivity index (χ1) is 18.7. The molecule has 0 rings (SSSR count). The number of hydrogen-bond donors (Lipinski definition) is 1. The Labute approximate surface area is 240 Å². The molecule has 0 saturated heterocycles. The van der Waals surface area contributed by atoms with Gasteiger partial charge in [0, 0.05) is 0 Å². The van der Waals surface area contributed by atoms with Crippen molar-refractivity contribution in [3.05, 3.63) is 12.2 Å². The molecule has 1 N–H and O–H groups in total. The van der Waals surface area contributed by atoms with Crippen molar-refractivity contribution in [3.8, 4) is 0 Å². The van der Waals surface area contributed by atoms with Gasteiger partial charge in [0.15, 0.2) is 0 Å². The highest BCUT2D eigenvalue weighted by Gasteiger charge is 2.16. The summed E-state index contributed by atoms with van der Waals surface area (Å²) in [6, 6.07) is 0. The Balaban J connectivity index is 3.39. The van der Waals surface area contributed by atoms with Crippen molar-refractivity contribution >= 4 is 5.97 Å². The molecule has 0 aliphatic rings. The first kappa shape index (κ1) is 37.2. The fraction of sp³-hybridized carbons (Fsp3) is 0.917. The minimum atomic E-state index is -0.561. The van der Waals surface area contributed by atoms with E-state index in [1.165, 1.54) is 167 Å². The van der Waals surface area contributed by atoms with Gasteiger partial charge in [0.1, 0.15) is 0 Å².